The van der Waals surface area contributed by atoms with Gasteiger partial charge >= 0.3 is 6.61 Å². The summed E-state index contributed by atoms with van der Waals surface area (Å²) in [5.74, 6) is -0.107. The zero-order valence-electron chi connectivity index (χ0n) is 20.1. The van der Waals surface area contributed by atoms with Gasteiger partial charge in [0.1, 0.15) is 23.1 Å². The highest BCUT2D eigenvalue weighted by Gasteiger charge is 2.12. The van der Waals surface area contributed by atoms with Crippen LogP contribution in [0.3, 0.4) is 0 Å². The molecule has 6 heteroatoms. The fraction of sp³-hybridized carbons (Fsp3) is 0.267. The van der Waals surface area contributed by atoms with Crippen LogP contribution in [-0.2, 0) is 12.8 Å². The predicted octanol–water partition coefficient (Wildman–Crippen LogP) is 8.74. The summed E-state index contributed by atoms with van der Waals surface area (Å²) >= 11 is 0. The molecule has 4 aromatic rings. The van der Waals surface area contributed by atoms with Crippen molar-refractivity contribution in [3.8, 4) is 22.6 Å². The van der Waals surface area contributed by atoms with E-state index in [1.807, 2.05) is 6.07 Å². The molecule has 4 rings (SSSR count). The van der Waals surface area contributed by atoms with Crippen LogP contribution in [0.2, 0.25) is 0 Å². The number of ether oxygens (including phenoxy) is 2. The summed E-state index contributed by atoms with van der Waals surface area (Å²) in [6.45, 7) is -0.195. The molecule has 0 radical (unpaired) electrons. The zero-order chi connectivity index (χ0) is 25.5. The van der Waals surface area contributed by atoms with E-state index in [1.165, 1.54) is 18.2 Å². The Morgan fingerprint density at radius 1 is 0.778 bits per heavy atom. The summed E-state index contributed by atoms with van der Waals surface area (Å²) in [4.78, 5) is 0. The third-order valence-electron chi connectivity index (χ3n) is 6.13. The van der Waals surface area contributed by atoms with E-state index in [-0.39, 0.29) is 17.4 Å². The molecule has 0 amide bonds. The van der Waals surface area contributed by atoms with Gasteiger partial charge in [0.15, 0.2) is 0 Å². The number of hydrogen-bond donors (Lipinski definition) is 0. The largest absolute Gasteiger partial charge is 0.493 e. The van der Waals surface area contributed by atoms with E-state index in [0.29, 0.717) is 52.7 Å². The summed E-state index contributed by atoms with van der Waals surface area (Å²) in [6, 6.07) is 19.9. The Hall–Kier alpha value is -3.54. The number of halogens is 4. The number of benzene rings is 4. The highest BCUT2D eigenvalue weighted by atomic mass is 19.3. The summed E-state index contributed by atoms with van der Waals surface area (Å²) in [7, 11) is 0. The van der Waals surface area contributed by atoms with E-state index in [1.54, 1.807) is 48.5 Å². The Labute approximate surface area is 208 Å². The van der Waals surface area contributed by atoms with E-state index >= 15 is 4.39 Å². The maximum atomic E-state index is 15.2. The average molecular weight is 497 g/mol. The van der Waals surface area contributed by atoms with Crippen molar-refractivity contribution in [2.75, 3.05) is 6.61 Å². The van der Waals surface area contributed by atoms with Crippen molar-refractivity contribution < 1.29 is 27.0 Å². The Balaban J connectivity index is 1.46. The average Bonchev–Trinajstić information content (AvgIpc) is 2.87. The first-order valence-electron chi connectivity index (χ1n) is 12.1. The minimum Gasteiger partial charge on any atom is -0.493 e. The van der Waals surface area contributed by atoms with Gasteiger partial charge in [-0.2, -0.15) is 8.78 Å². The van der Waals surface area contributed by atoms with Crippen LogP contribution in [0, 0.1) is 11.6 Å². The second-order valence-corrected chi connectivity index (χ2v) is 8.69. The van der Waals surface area contributed by atoms with Crippen molar-refractivity contribution in [1.29, 1.82) is 0 Å². The molecule has 0 saturated heterocycles. The molecule has 36 heavy (non-hydrogen) atoms. The van der Waals surface area contributed by atoms with Gasteiger partial charge in [-0.25, -0.2) is 8.78 Å². The molecule has 0 N–H and O–H groups in total. The Morgan fingerprint density at radius 2 is 1.56 bits per heavy atom. The topological polar surface area (TPSA) is 18.5 Å². The van der Waals surface area contributed by atoms with Crippen LogP contribution >= 0.6 is 0 Å². The Kier molecular flexibility index (Phi) is 8.47. The van der Waals surface area contributed by atoms with E-state index in [9.17, 15) is 13.2 Å². The third-order valence-corrected chi connectivity index (χ3v) is 6.13. The lowest BCUT2D eigenvalue weighted by molar-refractivity contribution is -0.0498. The summed E-state index contributed by atoms with van der Waals surface area (Å²) in [6.07, 6.45) is 4.10. The number of aryl methyl sites for hydroxylation is 2. The minimum atomic E-state index is -2.87. The summed E-state index contributed by atoms with van der Waals surface area (Å²) < 4.78 is 64.6. The lowest BCUT2D eigenvalue weighted by atomic mass is 9.97. The van der Waals surface area contributed by atoms with Crippen LogP contribution in [0.25, 0.3) is 21.9 Å². The highest BCUT2D eigenvalue weighted by molar-refractivity contribution is 5.88. The summed E-state index contributed by atoms with van der Waals surface area (Å²) in [5, 5.41) is 1.15. The van der Waals surface area contributed by atoms with Crippen molar-refractivity contribution in [3.63, 3.8) is 0 Å². The third kappa shape index (κ3) is 6.36. The molecule has 188 valence electrons. The van der Waals surface area contributed by atoms with Crippen molar-refractivity contribution in [2.24, 2.45) is 0 Å². The molecular formula is C30H28F4O2. The van der Waals surface area contributed by atoms with Crippen LogP contribution in [0.4, 0.5) is 17.6 Å². The lowest BCUT2D eigenvalue weighted by Gasteiger charge is -2.11. The van der Waals surface area contributed by atoms with Crippen LogP contribution < -0.4 is 9.47 Å². The molecule has 2 nitrogen and oxygen atoms in total. The molecule has 0 fully saturated rings. The molecular weight excluding hydrogens is 468 g/mol. The monoisotopic (exact) mass is 496 g/mol. The first-order chi connectivity index (χ1) is 17.4. The first-order valence-corrected chi connectivity index (χ1v) is 12.1. The van der Waals surface area contributed by atoms with Crippen molar-refractivity contribution in [2.45, 2.75) is 45.6 Å². The van der Waals surface area contributed by atoms with Gasteiger partial charge in [-0.3, -0.25) is 0 Å². The van der Waals surface area contributed by atoms with Gasteiger partial charge in [-0.05, 0) is 71.7 Å². The second-order valence-electron chi connectivity index (χ2n) is 8.69. The molecule has 0 aliphatic carbocycles. The van der Waals surface area contributed by atoms with Gasteiger partial charge in [0, 0.05) is 17.0 Å². The smallest absolute Gasteiger partial charge is 0.387 e. The van der Waals surface area contributed by atoms with E-state index in [0.717, 1.165) is 24.8 Å². The van der Waals surface area contributed by atoms with Crippen LogP contribution in [-0.4, -0.2) is 13.2 Å². The quantitative estimate of drug-likeness (QED) is 0.153. The van der Waals surface area contributed by atoms with Gasteiger partial charge in [0.05, 0.1) is 6.61 Å². The van der Waals surface area contributed by atoms with Crippen LogP contribution in [0.15, 0.2) is 72.8 Å². The number of alkyl halides is 2. The van der Waals surface area contributed by atoms with Crippen LogP contribution in [0.5, 0.6) is 11.5 Å². The molecule has 0 atom stereocenters. The van der Waals surface area contributed by atoms with Crippen molar-refractivity contribution in [3.05, 3.63) is 95.6 Å². The molecule has 0 unspecified atom stereocenters. The second kappa shape index (κ2) is 11.9. The fourth-order valence-corrected chi connectivity index (χ4v) is 4.18. The molecule has 0 saturated carbocycles. The SMILES string of the molecule is CCCCCOc1ccc(-c2ccc3c(F)c(CCc4ccc(OC(F)F)cc4)ccc3c2)c(F)c1. The van der Waals surface area contributed by atoms with Gasteiger partial charge in [0.2, 0.25) is 0 Å². The molecule has 0 bridgehead atoms. The van der Waals surface area contributed by atoms with Gasteiger partial charge in [-0.15, -0.1) is 0 Å². The zero-order valence-corrected chi connectivity index (χ0v) is 20.1. The molecule has 0 aliphatic heterocycles. The van der Waals surface area contributed by atoms with Gasteiger partial charge in [0.25, 0.3) is 0 Å². The minimum absolute atomic E-state index is 0.0898. The van der Waals surface area contributed by atoms with Crippen LogP contribution in [0.1, 0.15) is 37.3 Å². The predicted molar refractivity (Wildman–Crippen MR) is 135 cm³/mol. The molecule has 0 heterocycles. The molecule has 0 aromatic heterocycles. The Bertz CT molecular complexity index is 1300. The highest BCUT2D eigenvalue weighted by Crippen LogP contribution is 2.31. The maximum Gasteiger partial charge on any atom is 0.387 e. The van der Waals surface area contributed by atoms with Crippen molar-refractivity contribution in [1.82, 2.24) is 0 Å². The normalized spacial score (nSPS) is 11.3. The van der Waals surface area contributed by atoms with E-state index < -0.39 is 6.61 Å². The van der Waals surface area contributed by atoms with E-state index in [4.69, 9.17) is 4.74 Å². The first kappa shape index (κ1) is 25.5. The standard InChI is InChI=1S/C30H28F4O2/c1-2-3-4-17-35-25-14-16-26(28(31)19-25)22-11-15-27-23(18-22)10-9-21(29(27)32)8-5-20-6-12-24(13-7-20)36-30(33)34/h6-7,9-16,18-19,30H,2-5,8,17H2,1H3. The van der Waals surface area contributed by atoms with Gasteiger partial charge in [-0.1, -0.05) is 56.2 Å². The Morgan fingerprint density at radius 3 is 2.28 bits per heavy atom. The number of hydrogen-bond acceptors (Lipinski definition) is 2. The fourth-order valence-electron chi connectivity index (χ4n) is 4.18. The molecule has 4 aromatic carbocycles. The number of rotatable bonds is 11. The molecule has 0 aliphatic rings. The van der Waals surface area contributed by atoms with Crippen molar-refractivity contribution >= 4 is 10.8 Å². The lowest BCUT2D eigenvalue weighted by Crippen LogP contribution is -2.02. The van der Waals surface area contributed by atoms with E-state index in [2.05, 4.69) is 11.7 Å². The summed E-state index contributed by atoms with van der Waals surface area (Å²) in [5.41, 5.74) is 2.54. The maximum absolute atomic E-state index is 15.2. The number of fused-ring (bicyclic) bond motifs is 1. The molecule has 0 spiro atoms. The number of unbranched alkanes of at least 4 members (excludes halogenated alkanes) is 2. The van der Waals surface area contributed by atoms with Gasteiger partial charge < -0.3 is 9.47 Å².